The summed E-state index contributed by atoms with van der Waals surface area (Å²) in [6, 6.07) is 5.97. The van der Waals surface area contributed by atoms with Crippen molar-refractivity contribution in [3.63, 3.8) is 0 Å². The lowest BCUT2D eigenvalue weighted by atomic mass is 10.2. The summed E-state index contributed by atoms with van der Waals surface area (Å²) in [7, 11) is 0. The molecule has 4 heteroatoms. The minimum atomic E-state index is 0.675. The van der Waals surface area contributed by atoms with Crippen LogP contribution in [0.4, 0.5) is 0 Å². The fourth-order valence-electron chi connectivity index (χ4n) is 1.21. The molecule has 1 N–H and O–H groups in total. The average molecular weight is 194 g/mol. The number of rotatable bonds is 3. The summed E-state index contributed by atoms with van der Waals surface area (Å²) in [6.07, 6.45) is 1.46. The highest BCUT2D eigenvalue weighted by Gasteiger charge is 1.98. The van der Waals surface area contributed by atoms with Gasteiger partial charge < -0.3 is 9.73 Å². The molecule has 2 aromatic rings. The van der Waals surface area contributed by atoms with Crippen LogP contribution in [0.1, 0.15) is 5.56 Å². The molecule has 13 heavy (non-hydrogen) atoms. The van der Waals surface area contributed by atoms with Crippen molar-refractivity contribution >= 4 is 23.7 Å². The van der Waals surface area contributed by atoms with Crippen LogP contribution >= 0.6 is 12.6 Å². The standard InChI is InChI=1S/C9H10N2OS/c13-6-10-4-7-1-2-8-9(3-7)12-5-11-8/h1-3,5,10,13H,4,6H2. The number of thiol groups is 1. The van der Waals surface area contributed by atoms with Gasteiger partial charge in [0.2, 0.25) is 0 Å². The molecule has 0 radical (unpaired) electrons. The van der Waals surface area contributed by atoms with Crippen LogP contribution in [-0.4, -0.2) is 10.9 Å². The van der Waals surface area contributed by atoms with E-state index in [1.807, 2.05) is 18.2 Å². The molecule has 0 spiro atoms. The lowest BCUT2D eigenvalue weighted by Gasteiger charge is -1.99. The van der Waals surface area contributed by atoms with E-state index in [4.69, 9.17) is 4.42 Å². The van der Waals surface area contributed by atoms with Crippen LogP contribution in [0.5, 0.6) is 0 Å². The molecule has 0 saturated heterocycles. The number of benzene rings is 1. The number of hydrogen-bond donors (Lipinski definition) is 2. The van der Waals surface area contributed by atoms with Gasteiger partial charge in [0.05, 0.1) is 0 Å². The smallest absolute Gasteiger partial charge is 0.181 e. The van der Waals surface area contributed by atoms with Gasteiger partial charge in [0.15, 0.2) is 12.0 Å². The van der Waals surface area contributed by atoms with Crippen LogP contribution in [0.15, 0.2) is 29.0 Å². The van der Waals surface area contributed by atoms with Gasteiger partial charge in [-0.15, -0.1) is 0 Å². The molecule has 1 aromatic carbocycles. The number of oxazole rings is 1. The van der Waals surface area contributed by atoms with Crippen LogP contribution in [0.2, 0.25) is 0 Å². The fourth-order valence-corrected chi connectivity index (χ4v) is 1.32. The largest absolute Gasteiger partial charge is 0.443 e. The molecule has 0 aliphatic carbocycles. The quantitative estimate of drug-likeness (QED) is 0.578. The number of hydrogen-bond acceptors (Lipinski definition) is 4. The van der Waals surface area contributed by atoms with Crippen molar-refractivity contribution in [2.45, 2.75) is 6.54 Å². The SMILES string of the molecule is SCNCc1ccc2ncoc2c1. The van der Waals surface area contributed by atoms with E-state index < -0.39 is 0 Å². The van der Waals surface area contributed by atoms with Crippen molar-refractivity contribution < 1.29 is 4.42 Å². The van der Waals surface area contributed by atoms with Gasteiger partial charge in [-0.25, -0.2) is 4.98 Å². The molecule has 0 saturated carbocycles. The van der Waals surface area contributed by atoms with Crippen LogP contribution < -0.4 is 5.32 Å². The lowest BCUT2D eigenvalue weighted by molar-refractivity contribution is 0.601. The molecule has 0 bridgehead atoms. The maximum atomic E-state index is 5.18. The second kappa shape index (κ2) is 3.81. The summed E-state index contributed by atoms with van der Waals surface area (Å²) in [4.78, 5) is 4.04. The Morgan fingerprint density at radius 1 is 1.46 bits per heavy atom. The number of nitrogens with one attached hydrogen (secondary N) is 1. The van der Waals surface area contributed by atoms with Gasteiger partial charge in [-0.1, -0.05) is 6.07 Å². The summed E-state index contributed by atoms with van der Waals surface area (Å²) in [5.41, 5.74) is 2.91. The summed E-state index contributed by atoms with van der Waals surface area (Å²) >= 11 is 4.07. The van der Waals surface area contributed by atoms with E-state index in [1.165, 1.54) is 12.0 Å². The Balaban J connectivity index is 2.26. The monoisotopic (exact) mass is 194 g/mol. The van der Waals surface area contributed by atoms with Crippen molar-refractivity contribution in [3.8, 4) is 0 Å². The second-order valence-corrected chi connectivity index (χ2v) is 3.06. The Hall–Kier alpha value is -1.00. The molecule has 3 nitrogen and oxygen atoms in total. The Morgan fingerprint density at radius 2 is 2.38 bits per heavy atom. The first-order chi connectivity index (χ1) is 6.40. The van der Waals surface area contributed by atoms with Crippen molar-refractivity contribution in [2.75, 3.05) is 5.88 Å². The average Bonchev–Trinajstić information content (AvgIpc) is 2.61. The molecule has 1 aromatic heterocycles. The van der Waals surface area contributed by atoms with E-state index in [1.54, 1.807) is 0 Å². The van der Waals surface area contributed by atoms with Gasteiger partial charge in [0, 0.05) is 12.4 Å². The first-order valence-corrected chi connectivity index (χ1v) is 4.67. The van der Waals surface area contributed by atoms with Gasteiger partial charge in [0.25, 0.3) is 0 Å². The molecule has 1 heterocycles. The Kier molecular flexibility index (Phi) is 2.52. The van der Waals surface area contributed by atoms with Crippen LogP contribution in [0.25, 0.3) is 11.1 Å². The third kappa shape index (κ3) is 1.84. The zero-order valence-electron chi connectivity index (χ0n) is 7.03. The molecule has 0 atom stereocenters. The van der Waals surface area contributed by atoms with E-state index >= 15 is 0 Å². The van der Waals surface area contributed by atoms with Gasteiger partial charge in [-0.05, 0) is 17.7 Å². The summed E-state index contributed by atoms with van der Waals surface area (Å²) < 4.78 is 5.18. The van der Waals surface area contributed by atoms with E-state index in [0.29, 0.717) is 5.88 Å². The van der Waals surface area contributed by atoms with Crippen LogP contribution in [0, 0.1) is 0 Å². The van der Waals surface area contributed by atoms with Crippen molar-refractivity contribution in [3.05, 3.63) is 30.2 Å². The maximum Gasteiger partial charge on any atom is 0.181 e. The highest BCUT2D eigenvalue weighted by Crippen LogP contribution is 2.13. The van der Waals surface area contributed by atoms with Gasteiger partial charge in [0.1, 0.15) is 5.52 Å². The molecular weight excluding hydrogens is 184 g/mol. The summed E-state index contributed by atoms with van der Waals surface area (Å²) in [6.45, 7) is 0.806. The number of aromatic nitrogens is 1. The van der Waals surface area contributed by atoms with Crippen molar-refractivity contribution in [2.24, 2.45) is 0 Å². The van der Waals surface area contributed by atoms with E-state index in [9.17, 15) is 0 Å². The molecule has 0 amide bonds. The molecule has 68 valence electrons. The first kappa shape index (κ1) is 8.59. The number of nitrogens with zero attached hydrogens (tertiary/aromatic N) is 1. The Labute approximate surface area is 81.6 Å². The predicted octanol–water partition coefficient (Wildman–Crippen LogP) is 1.80. The molecule has 0 aliphatic rings. The highest BCUT2D eigenvalue weighted by atomic mass is 32.1. The molecule has 0 fully saturated rings. The van der Waals surface area contributed by atoms with Gasteiger partial charge in [-0.2, -0.15) is 12.6 Å². The van der Waals surface area contributed by atoms with E-state index in [2.05, 4.69) is 22.9 Å². The van der Waals surface area contributed by atoms with Gasteiger partial charge >= 0.3 is 0 Å². The fraction of sp³-hybridized carbons (Fsp3) is 0.222. The summed E-state index contributed by atoms with van der Waals surface area (Å²) in [5.74, 6) is 0.675. The zero-order valence-corrected chi connectivity index (χ0v) is 7.92. The van der Waals surface area contributed by atoms with Crippen molar-refractivity contribution in [1.82, 2.24) is 10.3 Å². The van der Waals surface area contributed by atoms with E-state index in [-0.39, 0.29) is 0 Å². The van der Waals surface area contributed by atoms with Gasteiger partial charge in [-0.3, -0.25) is 0 Å². The minimum Gasteiger partial charge on any atom is -0.443 e. The van der Waals surface area contributed by atoms with Crippen molar-refractivity contribution in [1.29, 1.82) is 0 Å². The van der Waals surface area contributed by atoms with Crippen LogP contribution in [0.3, 0.4) is 0 Å². The predicted molar refractivity (Wildman–Crippen MR) is 54.7 cm³/mol. The molecular formula is C9H10N2OS. The summed E-state index contributed by atoms with van der Waals surface area (Å²) in [5, 5.41) is 3.12. The second-order valence-electron chi connectivity index (χ2n) is 2.74. The normalized spacial score (nSPS) is 10.8. The zero-order chi connectivity index (χ0) is 9.10. The first-order valence-electron chi connectivity index (χ1n) is 4.04. The third-order valence-electron chi connectivity index (χ3n) is 1.84. The lowest BCUT2D eigenvalue weighted by Crippen LogP contribution is -2.09. The van der Waals surface area contributed by atoms with E-state index in [0.717, 1.165) is 17.6 Å². The highest BCUT2D eigenvalue weighted by molar-refractivity contribution is 7.80. The molecule has 0 aliphatic heterocycles. The molecule has 0 unspecified atom stereocenters. The van der Waals surface area contributed by atoms with Crippen LogP contribution in [-0.2, 0) is 6.54 Å². The third-order valence-corrected chi connectivity index (χ3v) is 2.06. The number of fused-ring (bicyclic) bond motifs is 1. The molecule has 2 rings (SSSR count). The Bertz CT molecular complexity index is 399. The minimum absolute atomic E-state index is 0.675. The maximum absolute atomic E-state index is 5.18. The topological polar surface area (TPSA) is 38.1 Å². The Morgan fingerprint density at radius 3 is 3.23 bits per heavy atom.